The molecule has 0 saturated carbocycles. The Morgan fingerprint density at radius 3 is 2.34 bits per heavy atom. The van der Waals surface area contributed by atoms with Crippen LogP contribution in [0.4, 0.5) is 4.79 Å². The van der Waals surface area contributed by atoms with E-state index in [1.807, 2.05) is 43.0 Å². The molecule has 0 radical (unpaired) electrons. The Morgan fingerprint density at radius 2 is 1.79 bits per heavy atom. The molecule has 2 rings (SSSR count). The maximum Gasteiger partial charge on any atom is 0.315 e. The fourth-order valence-electron chi connectivity index (χ4n) is 4.83. The quantitative estimate of drug-likeness (QED) is 0.346. The molecule has 1 aliphatic rings. The summed E-state index contributed by atoms with van der Waals surface area (Å²) < 4.78 is 5.38. The van der Waals surface area contributed by atoms with E-state index >= 15 is 0 Å². The van der Waals surface area contributed by atoms with E-state index in [0.717, 1.165) is 6.42 Å². The molecule has 38 heavy (non-hydrogen) atoms. The van der Waals surface area contributed by atoms with Gasteiger partial charge in [0.15, 0.2) is 0 Å². The van der Waals surface area contributed by atoms with Crippen molar-refractivity contribution in [1.29, 1.82) is 0 Å². The predicted molar refractivity (Wildman–Crippen MR) is 146 cm³/mol. The first-order chi connectivity index (χ1) is 17.6. The Balaban J connectivity index is 1.93. The molecule has 1 saturated heterocycles. The number of nitrogens with zero attached hydrogens (tertiary/aromatic N) is 1. The maximum absolute atomic E-state index is 13.5. The van der Waals surface area contributed by atoms with Crippen molar-refractivity contribution in [3.63, 3.8) is 0 Å². The molecule has 1 heterocycles. The van der Waals surface area contributed by atoms with Gasteiger partial charge in [-0.25, -0.2) is 4.79 Å². The van der Waals surface area contributed by atoms with E-state index in [-0.39, 0.29) is 49.0 Å². The number of piperidine rings is 1. The summed E-state index contributed by atoms with van der Waals surface area (Å²) in [7, 11) is 0. The first-order valence-electron chi connectivity index (χ1n) is 13.1. The second-order valence-electron chi connectivity index (χ2n) is 11.7. The molecule has 1 aliphatic heterocycles. The van der Waals surface area contributed by atoms with Gasteiger partial charge in [-0.15, -0.1) is 0 Å². The number of rotatable bonds is 11. The first kappa shape index (κ1) is 31.4. The highest BCUT2D eigenvalue weighted by molar-refractivity contribution is 6.30. The fourth-order valence-corrected chi connectivity index (χ4v) is 4.96. The van der Waals surface area contributed by atoms with Crippen LogP contribution in [0.3, 0.4) is 0 Å². The number of esters is 1. The molecular weight excluding hydrogens is 510 g/mol. The maximum atomic E-state index is 13.5. The average molecular weight is 552 g/mol. The average Bonchev–Trinajstić information content (AvgIpc) is 2.80. The van der Waals surface area contributed by atoms with E-state index in [1.165, 1.54) is 5.56 Å². The number of carbonyl (C=O) groups is 4. The third-order valence-electron chi connectivity index (χ3n) is 6.87. The fraction of sp³-hybridized carbons (Fsp3) is 0.643. The molecule has 3 amide bonds. The van der Waals surface area contributed by atoms with E-state index in [4.69, 9.17) is 21.4 Å². The highest BCUT2D eigenvalue weighted by Gasteiger charge is 2.40. The van der Waals surface area contributed by atoms with Crippen molar-refractivity contribution in [1.82, 2.24) is 15.5 Å². The van der Waals surface area contributed by atoms with Crippen LogP contribution in [0.25, 0.3) is 0 Å². The minimum atomic E-state index is -0.997. The van der Waals surface area contributed by atoms with Crippen LogP contribution in [0.2, 0.25) is 5.02 Å². The molecule has 3 N–H and O–H groups in total. The number of carbonyl (C=O) groups excluding carboxylic acids is 3. The largest absolute Gasteiger partial charge is 0.481 e. The number of likely N-dealkylation sites (tertiary alicyclic amines) is 1. The van der Waals surface area contributed by atoms with Crippen molar-refractivity contribution >= 4 is 35.5 Å². The monoisotopic (exact) mass is 551 g/mol. The third-order valence-corrected chi connectivity index (χ3v) is 7.12. The zero-order chi connectivity index (χ0) is 28.7. The molecule has 1 aromatic rings. The minimum Gasteiger partial charge on any atom is -0.481 e. The van der Waals surface area contributed by atoms with Gasteiger partial charge in [-0.3, -0.25) is 14.4 Å². The Kier molecular flexibility index (Phi) is 11.0. The Morgan fingerprint density at radius 1 is 1.16 bits per heavy atom. The van der Waals surface area contributed by atoms with Crippen molar-refractivity contribution in [2.45, 2.75) is 84.8 Å². The van der Waals surface area contributed by atoms with Gasteiger partial charge < -0.3 is 25.4 Å². The van der Waals surface area contributed by atoms with Crippen molar-refractivity contribution in [3.05, 3.63) is 34.9 Å². The summed E-state index contributed by atoms with van der Waals surface area (Å²) in [6.45, 7) is 12.6. The van der Waals surface area contributed by atoms with Gasteiger partial charge in [0.25, 0.3) is 0 Å². The standard InChI is InChI=1S/C28H42ClN3O6/c1-18(2)24(31-26(37)30-16-28(5,6)38-23(35)9-7-8-22(33)34)25(36)32-15-14-21(27(3,4)17-32)19-10-12-20(29)13-11-19/h10-13,18,21,24H,7-9,14-17H2,1-6H3,(H,33,34)(H2,30,31,37). The number of carboxylic acid groups (broad SMARTS) is 1. The number of benzene rings is 1. The second-order valence-corrected chi connectivity index (χ2v) is 12.1. The second kappa shape index (κ2) is 13.3. The van der Waals surface area contributed by atoms with Crippen molar-refractivity contribution in [2.24, 2.45) is 11.3 Å². The van der Waals surface area contributed by atoms with Gasteiger partial charge in [0.2, 0.25) is 5.91 Å². The van der Waals surface area contributed by atoms with Gasteiger partial charge in [0.05, 0.1) is 6.54 Å². The zero-order valence-electron chi connectivity index (χ0n) is 23.3. The van der Waals surface area contributed by atoms with Crippen LogP contribution in [-0.2, 0) is 19.1 Å². The highest BCUT2D eigenvalue weighted by Crippen LogP contribution is 2.42. The lowest BCUT2D eigenvalue weighted by atomic mass is 9.70. The van der Waals surface area contributed by atoms with Crippen molar-refractivity contribution < 1.29 is 29.0 Å². The SMILES string of the molecule is CC(C)C(NC(=O)NCC(C)(C)OC(=O)CCCC(=O)O)C(=O)N1CCC(c2ccc(Cl)cc2)C(C)(C)C1. The number of hydrogen-bond donors (Lipinski definition) is 3. The summed E-state index contributed by atoms with van der Waals surface area (Å²) in [5.74, 6) is -1.48. The number of carboxylic acids is 1. The van der Waals surface area contributed by atoms with E-state index in [2.05, 4.69) is 24.5 Å². The minimum absolute atomic E-state index is 0.0170. The molecule has 10 heteroatoms. The lowest BCUT2D eigenvalue weighted by molar-refractivity contribution is -0.156. The van der Waals surface area contributed by atoms with Gasteiger partial charge in [-0.2, -0.15) is 0 Å². The van der Waals surface area contributed by atoms with E-state index < -0.39 is 29.6 Å². The number of hydrogen-bond acceptors (Lipinski definition) is 5. The van der Waals surface area contributed by atoms with Gasteiger partial charge in [-0.05, 0) is 61.6 Å². The number of halogens is 1. The van der Waals surface area contributed by atoms with Gasteiger partial charge in [-0.1, -0.05) is 51.4 Å². The molecule has 0 aromatic heterocycles. The van der Waals surface area contributed by atoms with Crippen molar-refractivity contribution in [3.8, 4) is 0 Å². The van der Waals surface area contributed by atoms with Crippen LogP contribution in [0.15, 0.2) is 24.3 Å². The Bertz CT molecular complexity index is 993. The molecule has 2 unspecified atom stereocenters. The highest BCUT2D eigenvalue weighted by atomic mass is 35.5. The van der Waals surface area contributed by atoms with Gasteiger partial charge >= 0.3 is 18.0 Å². The van der Waals surface area contributed by atoms with Gasteiger partial charge in [0, 0.05) is 31.0 Å². The summed E-state index contributed by atoms with van der Waals surface area (Å²) in [6.07, 6.45) is 0.862. The van der Waals surface area contributed by atoms with Crippen LogP contribution in [0.1, 0.15) is 78.7 Å². The number of ether oxygens (including phenoxy) is 1. The normalized spacial score (nSPS) is 18.0. The predicted octanol–water partition coefficient (Wildman–Crippen LogP) is 4.58. The number of aliphatic carboxylic acids is 1. The van der Waals surface area contributed by atoms with Gasteiger partial charge in [0.1, 0.15) is 11.6 Å². The zero-order valence-corrected chi connectivity index (χ0v) is 24.1. The molecule has 0 aliphatic carbocycles. The van der Waals surface area contributed by atoms with E-state index in [1.54, 1.807) is 13.8 Å². The molecule has 9 nitrogen and oxygen atoms in total. The summed E-state index contributed by atoms with van der Waals surface area (Å²) >= 11 is 6.06. The smallest absolute Gasteiger partial charge is 0.315 e. The number of amides is 3. The molecule has 212 valence electrons. The Hall–Kier alpha value is -2.81. The summed E-state index contributed by atoms with van der Waals surface area (Å²) in [5, 5.41) is 14.9. The topological polar surface area (TPSA) is 125 Å². The first-order valence-corrected chi connectivity index (χ1v) is 13.5. The van der Waals surface area contributed by atoms with Crippen LogP contribution < -0.4 is 10.6 Å². The molecule has 0 bridgehead atoms. The summed E-state index contributed by atoms with van der Waals surface area (Å²) in [5.41, 5.74) is 0.0431. The summed E-state index contributed by atoms with van der Waals surface area (Å²) in [4.78, 5) is 50.6. The number of nitrogens with one attached hydrogen (secondary N) is 2. The van der Waals surface area contributed by atoms with Crippen LogP contribution in [0.5, 0.6) is 0 Å². The number of urea groups is 1. The van der Waals surface area contributed by atoms with E-state index in [0.29, 0.717) is 18.1 Å². The molecule has 0 spiro atoms. The third kappa shape index (κ3) is 9.49. The lowest BCUT2D eigenvalue weighted by Gasteiger charge is -2.45. The molecule has 2 atom stereocenters. The molecule has 1 fully saturated rings. The van der Waals surface area contributed by atoms with Crippen molar-refractivity contribution in [2.75, 3.05) is 19.6 Å². The molecular formula is C28H42ClN3O6. The molecule has 1 aromatic carbocycles. The van der Waals surface area contributed by atoms with Crippen LogP contribution >= 0.6 is 11.6 Å². The summed E-state index contributed by atoms with van der Waals surface area (Å²) in [6, 6.07) is 6.64. The van der Waals surface area contributed by atoms with Crippen LogP contribution in [-0.4, -0.2) is 65.2 Å². The Labute approximate surface area is 230 Å². The van der Waals surface area contributed by atoms with Crippen LogP contribution in [0, 0.1) is 11.3 Å². The van der Waals surface area contributed by atoms with E-state index in [9.17, 15) is 19.2 Å². The lowest BCUT2D eigenvalue weighted by Crippen LogP contribution is -2.58.